The van der Waals surface area contributed by atoms with Gasteiger partial charge in [0, 0.05) is 32.2 Å². The number of hydrogen-bond acceptors (Lipinski definition) is 6. The number of nitrogens with one attached hydrogen (secondary N) is 1. The monoisotopic (exact) mass is 488 g/mol. The van der Waals surface area contributed by atoms with E-state index in [1.165, 1.54) is 13.1 Å². The third-order valence-corrected chi connectivity index (χ3v) is 7.65. The second kappa shape index (κ2) is 7.35. The third-order valence-electron chi connectivity index (χ3n) is 6.24. The highest BCUT2D eigenvalue weighted by molar-refractivity contribution is 7.89. The summed E-state index contributed by atoms with van der Waals surface area (Å²) in [5, 5.41) is 4.40. The van der Waals surface area contributed by atoms with E-state index in [0.717, 1.165) is 11.0 Å². The molecule has 4 heterocycles. The number of aromatic nitrogens is 7. The average molecular weight is 489 g/mol. The smallest absolute Gasteiger partial charge is 0.295 e. The number of nitrogens with zero attached hydrogens (tertiary/aromatic N) is 7. The van der Waals surface area contributed by atoms with Gasteiger partial charge < -0.3 is 0 Å². The minimum absolute atomic E-state index is 0.117. The molecule has 0 atom stereocenters. The van der Waals surface area contributed by atoms with E-state index in [1.807, 2.05) is 22.8 Å². The van der Waals surface area contributed by atoms with Crippen LogP contribution < -0.4 is 10.4 Å². The lowest BCUT2D eigenvalue weighted by Crippen LogP contribution is -2.19. The fourth-order valence-corrected chi connectivity index (χ4v) is 5.15. The van der Waals surface area contributed by atoms with Crippen molar-refractivity contribution in [2.24, 2.45) is 14.1 Å². The zero-order valence-electron chi connectivity index (χ0n) is 19.0. The van der Waals surface area contributed by atoms with Gasteiger partial charge in [0.25, 0.3) is 0 Å². The van der Waals surface area contributed by atoms with Crippen molar-refractivity contribution in [3.63, 3.8) is 0 Å². The SMILES string of the molecule is CNS(=O)(=O)c1ccc2nc(-c3cnn4cccnc34)n(-c3ccc4c(c3)n(C)c(=O)n4C)c2c1. The van der Waals surface area contributed by atoms with Crippen LogP contribution in [0.4, 0.5) is 0 Å². The Morgan fingerprint density at radius 3 is 2.57 bits per heavy atom. The van der Waals surface area contributed by atoms with Crippen LogP contribution in [0.3, 0.4) is 0 Å². The van der Waals surface area contributed by atoms with Gasteiger partial charge in [-0.25, -0.2) is 32.4 Å². The molecule has 12 heteroatoms. The lowest BCUT2D eigenvalue weighted by molar-refractivity contribution is 0.588. The van der Waals surface area contributed by atoms with Crippen LogP contribution in [0.25, 0.3) is 44.8 Å². The molecule has 0 aliphatic carbocycles. The number of aryl methyl sites for hydroxylation is 2. The van der Waals surface area contributed by atoms with Crippen molar-refractivity contribution in [2.45, 2.75) is 4.90 Å². The molecule has 0 saturated carbocycles. The fraction of sp³-hybridized carbons (Fsp3) is 0.130. The molecule has 0 saturated heterocycles. The Labute approximate surface area is 198 Å². The van der Waals surface area contributed by atoms with E-state index in [0.29, 0.717) is 33.8 Å². The van der Waals surface area contributed by atoms with Gasteiger partial charge in [0.05, 0.1) is 38.7 Å². The minimum atomic E-state index is -3.68. The molecular formula is C23H20N8O3S. The Balaban J connectivity index is 1.72. The molecule has 176 valence electrons. The Bertz CT molecular complexity index is 1960. The van der Waals surface area contributed by atoms with Crippen LogP contribution in [0.1, 0.15) is 0 Å². The predicted octanol–water partition coefficient (Wildman–Crippen LogP) is 1.83. The van der Waals surface area contributed by atoms with Crippen LogP contribution >= 0.6 is 0 Å². The van der Waals surface area contributed by atoms with Gasteiger partial charge in [0.2, 0.25) is 10.0 Å². The van der Waals surface area contributed by atoms with Crippen LogP contribution in [0.2, 0.25) is 0 Å². The standard InChI is InChI=1S/C23H20N8O3S/c1-24-35(33,34)15-6-7-17-19(12-15)31(14-5-8-18-20(11-14)29(3)23(32)28(18)2)22(27-17)16-13-26-30-10-4-9-25-21(16)30/h4-13,24H,1-3H3. The first-order chi connectivity index (χ1) is 16.8. The summed E-state index contributed by atoms with van der Waals surface area (Å²) >= 11 is 0. The summed E-state index contributed by atoms with van der Waals surface area (Å²) < 4.78 is 34.2. The maximum Gasteiger partial charge on any atom is 0.328 e. The highest BCUT2D eigenvalue weighted by Crippen LogP contribution is 2.32. The average Bonchev–Trinajstić information content (AvgIpc) is 3.53. The minimum Gasteiger partial charge on any atom is -0.295 e. The number of hydrogen-bond donors (Lipinski definition) is 1. The molecule has 6 aromatic rings. The zero-order valence-corrected chi connectivity index (χ0v) is 19.9. The van der Waals surface area contributed by atoms with Crippen LogP contribution in [-0.2, 0) is 24.1 Å². The third kappa shape index (κ3) is 3.03. The van der Waals surface area contributed by atoms with E-state index >= 15 is 0 Å². The van der Waals surface area contributed by atoms with Crippen molar-refractivity contribution in [3.05, 3.63) is 71.5 Å². The van der Waals surface area contributed by atoms with Gasteiger partial charge in [-0.2, -0.15) is 5.10 Å². The van der Waals surface area contributed by atoms with E-state index in [-0.39, 0.29) is 10.6 Å². The molecule has 0 radical (unpaired) electrons. The summed E-state index contributed by atoms with van der Waals surface area (Å²) in [5.74, 6) is 0.549. The van der Waals surface area contributed by atoms with Crippen molar-refractivity contribution in [1.29, 1.82) is 0 Å². The summed E-state index contributed by atoms with van der Waals surface area (Å²) in [6.07, 6.45) is 5.15. The molecule has 0 aliphatic heterocycles. The highest BCUT2D eigenvalue weighted by atomic mass is 32.2. The maximum absolute atomic E-state index is 12.6. The molecule has 2 aromatic carbocycles. The molecule has 1 N–H and O–H groups in total. The number of imidazole rings is 2. The van der Waals surface area contributed by atoms with Gasteiger partial charge in [-0.05, 0) is 49.5 Å². The van der Waals surface area contributed by atoms with Crippen molar-refractivity contribution >= 4 is 37.7 Å². The van der Waals surface area contributed by atoms with Crippen LogP contribution in [0.5, 0.6) is 0 Å². The van der Waals surface area contributed by atoms with Crippen molar-refractivity contribution in [2.75, 3.05) is 7.05 Å². The van der Waals surface area contributed by atoms with Gasteiger partial charge in [-0.15, -0.1) is 0 Å². The lowest BCUT2D eigenvalue weighted by Gasteiger charge is -2.10. The first kappa shape index (κ1) is 21.3. The van der Waals surface area contributed by atoms with Crippen molar-refractivity contribution in [1.82, 2.24) is 38.0 Å². The Kier molecular flexibility index (Phi) is 4.47. The van der Waals surface area contributed by atoms with Gasteiger partial charge in [-0.3, -0.25) is 13.7 Å². The number of benzene rings is 2. The summed E-state index contributed by atoms with van der Waals surface area (Å²) in [6, 6.07) is 12.2. The first-order valence-electron chi connectivity index (χ1n) is 10.7. The summed E-state index contributed by atoms with van der Waals surface area (Å²) in [5.41, 5.74) is 4.58. The maximum atomic E-state index is 12.6. The van der Waals surface area contributed by atoms with Crippen LogP contribution in [0.15, 0.2) is 70.7 Å². The molecule has 0 bridgehead atoms. The first-order valence-corrected chi connectivity index (χ1v) is 12.2. The van der Waals surface area contributed by atoms with E-state index in [2.05, 4.69) is 14.8 Å². The van der Waals surface area contributed by atoms with Gasteiger partial charge in [0.15, 0.2) is 11.5 Å². The molecule has 11 nitrogen and oxygen atoms in total. The summed E-state index contributed by atoms with van der Waals surface area (Å²) in [6.45, 7) is 0. The number of fused-ring (bicyclic) bond motifs is 3. The molecule has 0 amide bonds. The van der Waals surface area contributed by atoms with E-state index in [9.17, 15) is 13.2 Å². The van der Waals surface area contributed by atoms with Gasteiger partial charge >= 0.3 is 5.69 Å². The molecule has 0 aliphatic rings. The Hall–Kier alpha value is -4.29. The van der Waals surface area contributed by atoms with Crippen LogP contribution in [0, 0.1) is 0 Å². The van der Waals surface area contributed by atoms with E-state index < -0.39 is 10.0 Å². The van der Waals surface area contributed by atoms with E-state index in [1.54, 1.807) is 64.5 Å². The molecule has 6 rings (SSSR count). The topological polar surface area (TPSA) is 121 Å². The molecule has 0 fully saturated rings. The largest absolute Gasteiger partial charge is 0.328 e. The normalized spacial score (nSPS) is 12.3. The molecule has 4 aromatic heterocycles. The Morgan fingerprint density at radius 1 is 0.971 bits per heavy atom. The second-order valence-electron chi connectivity index (χ2n) is 8.15. The predicted molar refractivity (Wildman–Crippen MR) is 131 cm³/mol. The van der Waals surface area contributed by atoms with Gasteiger partial charge in [-0.1, -0.05) is 0 Å². The zero-order chi connectivity index (χ0) is 24.5. The summed E-state index contributed by atoms with van der Waals surface area (Å²) in [4.78, 5) is 21.9. The molecular weight excluding hydrogens is 468 g/mol. The lowest BCUT2D eigenvalue weighted by atomic mass is 10.2. The van der Waals surface area contributed by atoms with E-state index in [4.69, 9.17) is 4.98 Å². The van der Waals surface area contributed by atoms with Gasteiger partial charge in [0.1, 0.15) is 0 Å². The van der Waals surface area contributed by atoms with Crippen molar-refractivity contribution < 1.29 is 8.42 Å². The van der Waals surface area contributed by atoms with Crippen molar-refractivity contribution in [3.8, 4) is 17.1 Å². The number of sulfonamides is 1. The fourth-order valence-electron chi connectivity index (χ4n) is 4.40. The number of rotatable bonds is 4. The Morgan fingerprint density at radius 2 is 1.77 bits per heavy atom. The van der Waals surface area contributed by atoms with Crippen LogP contribution in [-0.4, -0.2) is 48.7 Å². The molecule has 0 unspecified atom stereocenters. The summed E-state index contributed by atoms with van der Waals surface area (Å²) in [7, 11) is 1.13. The molecule has 0 spiro atoms. The second-order valence-corrected chi connectivity index (χ2v) is 10.0. The molecule has 35 heavy (non-hydrogen) atoms. The highest BCUT2D eigenvalue weighted by Gasteiger charge is 2.22. The quantitative estimate of drug-likeness (QED) is 0.404.